The topological polar surface area (TPSA) is 93.7 Å². The third-order valence-electron chi connectivity index (χ3n) is 3.72. The molecule has 146 valence electrons. The molecule has 0 radical (unpaired) electrons. The average Bonchev–Trinajstić information content (AvgIpc) is 2.69. The molecule has 0 aromatic heterocycles. The van der Waals surface area contributed by atoms with Crippen LogP contribution in [0, 0.1) is 6.92 Å². The number of nitrogens with one attached hydrogen (secondary N) is 2. The van der Waals surface area contributed by atoms with Crippen LogP contribution in [-0.4, -0.2) is 32.1 Å². The van der Waals surface area contributed by atoms with Crippen molar-refractivity contribution in [2.45, 2.75) is 6.92 Å². The highest BCUT2D eigenvalue weighted by molar-refractivity contribution is 6.31. The van der Waals surface area contributed by atoms with Gasteiger partial charge in [0.1, 0.15) is 5.70 Å². The third-order valence-corrected chi connectivity index (χ3v) is 3.96. The van der Waals surface area contributed by atoms with Crippen LogP contribution in [0.2, 0.25) is 5.02 Å². The van der Waals surface area contributed by atoms with Crippen molar-refractivity contribution in [3.63, 3.8) is 0 Å². The molecule has 0 saturated carbocycles. The molecule has 8 heteroatoms. The van der Waals surface area contributed by atoms with E-state index < -0.39 is 11.9 Å². The van der Waals surface area contributed by atoms with E-state index in [-0.39, 0.29) is 11.6 Å². The maximum atomic E-state index is 12.6. The van der Waals surface area contributed by atoms with Crippen molar-refractivity contribution in [1.82, 2.24) is 0 Å². The fraction of sp³-hybridized carbons (Fsp3) is 0.150. The standard InChI is InChI=1S/C20H19ClN2O5/c1-12-7-8-14(21)10-16(12)23-19(25)13-5-4-6-15(9-13)22-17(20(26)28-3)11-18(24)27-2/h4-11,22H,1-3H3,(H,23,25)/b17-11+. The van der Waals surface area contributed by atoms with Gasteiger partial charge < -0.3 is 20.1 Å². The molecule has 0 spiro atoms. The van der Waals surface area contributed by atoms with Crippen molar-refractivity contribution in [2.24, 2.45) is 0 Å². The minimum atomic E-state index is -0.755. The highest BCUT2D eigenvalue weighted by atomic mass is 35.5. The van der Waals surface area contributed by atoms with Gasteiger partial charge in [-0.1, -0.05) is 23.7 Å². The lowest BCUT2D eigenvalue weighted by Crippen LogP contribution is -2.16. The van der Waals surface area contributed by atoms with Crippen molar-refractivity contribution >= 4 is 40.8 Å². The lowest BCUT2D eigenvalue weighted by molar-refractivity contribution is -0.138. The van der Waals surface area contributed by atoms with Gasteiger partial charge in [0, 0.05) is 22.0 Å². The number of aryl methyl sites for hydroxylation is 1. The summed E-state index contributed by atoms with van der Waals surface area (Å²) in [4.78, 5) is 35.9. The highest BCUT2D eigenvalue weighted by Gasteiger charge is 2.14. The molecule has 0 bridgehead atoms. The summed E-state index contributed by atoms with van der Waals surface area (Å²) in [7, 11) is 2.38. The summed E-state index contributed by atoms with van der Waals surface area (Å²) in [5, 5.41) is 6.06. The van der Waals surface area contributed by atoms with Crippen LogP contribution in [0.3, 0.4) is 0 Å². The number of hydrogen-bond donors (Lipinski definition) is 2. The number of carbonyl (C=O) groups excluding carboxylic acids is 3. The van der Waals surface area contributed by atoms with Crippen LogP contribution in [0.5, 0.6) is 0 Å². The number of ether oxygens (including phenoxy) is 2. The molecule has 0 saturated heterocycles. The maximum absolute atomic E-state index is 12.6. The quantitative estimate of drug-likeness (QED) is 0.567. The molecule has 2 N–H and O–H groups in total. The molecular formula is C20H19ClN2O5. The van der Waals surface area contributed by atoms with E-state index in [0.29, 0.717) is 22.0 Å². The van der Waals surface area contributed by atoms with E-state index in [1.807, 2.05) is 6.92 Å². The van der Waals surface area contributed by atoms with Crippen LogP contribution in [0.1, 0.15) is 15.9 Å². The average molecular weight is 403 g/mol. The minimum Gasteiger partial charge on any atom is -0.466 e. The Balaban J connectivity index is 2.23. The molecule has 28 heavy (non-hydrogen) atoms. The first-order valence-electron chi connectivity index (χ1n) is 8.16. The predicted molar refractivity (Wildman–Crippen MR) is 106 cm³/mol. The first kappa shape index (κ1) is 21.0. The van der Waals surface area contributed by atoms with Crippen molar-refractivity contribution in [2.75, 3.05) is 24.9 Å². The summed E-state index contributed by atoms with van der Waals surface area (Å²) in [6.45, 7) is 1.85. The zero-order valence-electron chi connectivity index (χ0n) is 15.5. The zero-order valence-corrected chi connectivity index (χ0v) is 16.3. The van der Waals surface area contributed by atoms with Gasteiger partial charge in [0.15, 0.2) is 0 Å². The Labute approximate surface area is 167 Å². The largest absolute Gasteiger partial charge is 0.466 e. The molecule has 0 aliphatic rings. The van der Waals surface area contributed by atoms with Gasteiger partial charge in [-0.05, 0) is 42.8 Å². The molecule has 0 atom stereocenters. The number of carbonyl (C=O) groups is 3. The Morgan fingerprint density at radius 3 is 2.43 bits per heavy atom. The van der Waals surface area contributed by atoms with Crippen LogP contribution >= 0.6 is 11.6 Å². The lowest BCUT2D eigenvalue weighted by Gasteiger charge is -2.12. The van der Waals surface area contributed by atoms with Crippen molar-refractivity contribution < 1.29 is 23.9 Å². The first-order valence-corrected chi connectivity index (χ1v) is 8.54. The molecule has 0 unspecified atom stereocenters. The van der Waals surface area contributed by atoms with Gasteiger partial charge in [-0.2, -0.15) is 0 Å². The van der Waals surface area contributed by atoms with Crippen molar-refractivity contribution in [1.29, 1.82) is 0 Å². The number of methoxy groups -OCH3 is 2. The molecule has 7 nitrogen and oxygen atoms in total. The summed E-state index contributed by atoms with van der Waals surface area (Å²) in [6, 6.07) is 11.6. The van der Waals surface area contributed by atoms with Crippen molar-refractivity contribution in [3.05, 3.63) is 70.4 Å². The van der Waals surface area contributed by atoms with Gasteiger partial charge in [0.05, 0.1) is 20.3 Å². The molecular weight excluding hydrogens is 384 g/mol. The van der Waals surface area contributed by atoms with E-state index in [9.17, 15) is 14.4 Å². The predicted octanol–water partition coefficient (Wildman–Crippen LogP) is 3.54. The third kappa shape index (κ3) is 5.59. The second kappa shape index (κ2) is 9.57. The van der Waals surface area contributed by atoms with E-state index in [1.54, 1.807) is 36.4 Å². The summed E-state index contributed by atoms with van der Waals surface area (Å²) >= 11 is 5.98. The van der Waals surface area contributed by atoms with Gasteiger partial charge >= 0.3 is 11.9 Å². The Morgan fingerprint density at radius 1 is 1.00 bits per heavy atom. The summed E-state index contributed by atoms with van der Waals surface area (Å²) in [5.74, 6) is -1.83. The van der Waals surface area contributed by atoms with Crippen molar-refractivity contribution in [3.8, 4) is 0 Å². The number of amides is 1. The van der Waals surface area contributed by atoms with Gasteiger partial charge in [-0.3, -0.25) is 4.79 Å². The van der Waals surface area contributed by atoms with Crippen LogP contribution in [0.25, 0.3) is 0 Å². The first-order chi connectivity index (χ1) is 13.3. The summed E-state index contributed by atoms with van der Waals surface area (Å²) in [5.41, 5.74) is 2.08. The molecule has 2 rings (SSSR count). The van der Waals surface area contributed by atoms with Gasteiger partial charge in [-0.25, -0.2) is 9.59 Å². The van der Waals surface area contributed by atoms with Crippen LogP contribution in [0.15, 0.2) is 54.2 Å². The molecule has 0 aliphatic carbocycles. The summed E-state index contributed by atoms with van der Waals surface area (Å²) < 4.78 is 9.17. The Hall–Kier alpha value is -3.32. The van der Waals surface area contributed by atoms with Crippen LogP contribution in [-0.2, 0) is 19.1 Å². The second-order valence-electron chi connectivity index (χ2n) is 5.69. The Bertz CT molecular complexity index is 940. The summed E-state index contributed by atoms with van der Waals surface area (Å²) in [6.07, 6.45) is 0.966. The van der Waals surface area contributed by atoms with E-state index in [4.69, 9.17) is 11.6 Å². The molecule has 0 aliphatic heterocycles. The van der Waals surface area contributed by atoms with E-state index in [0.717, 1.165) is 11.6 Å². The Morgan fingerprint density at radius 2 is 1.75 bits per heavy atom. The molecule has 2 aromatic rings. The van der Waals surface area contributed by atoms with Crippen LogP contribution < -0.4 is 10.6 Å². The monoisotopic (exact) mass is 402 g/mol. The fourth-order valence-electron chi connectivity index (χ4n) is 2.25. The fourth-order valence-corrected chi connectivity index (χ4v) is 2.42. The number of rotatable bonds is 6. The maximum Gasteiger partial charge on any atom is 0.354 e. The van der Waals surface area contributed by atoms with Gasteiger partial charge in [0.2, 0.25) is 0 Å². The van der Waals surface area contributed by atoms with E-state index >= 15 is 0 Å². The minimum absolute atomic E-state index is 0.127. The van der Waals surface area contributed by atoms with E-state index in [1.165, 1.54) is 20.3 Å². The smallest absolute Gasteiger partial charge is 0.354 e. The van der Waals surface area contributed by atoms with Gasteiger partial charge in [-0.15, -0.1) is 0 Å². The number of benzene rings is 2. The number of anilines is 2. The number of halogens is 1. The normalized spacial score (nSPS) is 10.8. The number of esters is 2. The molecule has 1 amide bonds. The SMILES string of the molecule is COC(=O)/C=C(/Nc1cccc(C(=O)Nc2cc(Cl)ccc2C)c1)C(=O)OC. The molecule has 0 fully saturated rings. The van der Waals surface area contributed by atoms with Gasteiger partial charge in [0.25, 0.3) is 5.91 Å². The second-order valence-corrected chi connectivity index (χ2v) is 6.13. The number of hydrogen-bond acceptors (Lipinski definition) is 6. The van der Waals surface area contributed by atoms with E-state index in [2.05, 4.69) is 20.1 Å². The zero-order chi connectivity index (χ0) is 20.7. The molecule has 2 aromatic carbocycles. The Kier molecular flexibility index (Phi) is 7.17. The molecule has 0 heterocycles. The van der Waals surface area contributed by atoms with Crippen LogP contribution in [0.4, 0.5) is 11.4 Å². The lowest BCUT2D eigenvalue weighted by atomic mass is 10.1. The highest BCUT2D eigenvalue weighted by Crippen LogP contribution is 2.21.